The molecule has 1 rings (SSSR count). The molecule has 0 aromatic rings. The Labute approximate surface area is 79.4 Å². The monoisotopic (exact) mass is 203 g/mol. The normalized spacial score (nSPS) is 16.1. The van der Waals surface area contributed by atoms with Crippen molar-refractivity contribution in [2.75, 3.05) is 18.2 Å². The fraction of sp³-hybridized carbons (Fsp3) is 0.571. The fourth-order valence-corrected chi connectivity index (χ4v) is 1.71. The predicted molar refractivity (Wildman–Crippen MR) is 45.8 cm³/mol. The van der Waals surface area contributed by atoms with E-state index in [4.69, 9.17) is 0 Å². The van der Waals surface area contributed by atoms with Crippen molar-refractivity contribution in [3.05, 3.63) is 0 Å². The number of esters is 1. The minimum Gasteiger partial charge on any atom is -0.459 e. The van der Waals surface area contributed by atoms with Crippen molar-refractivity contribution in [3.8, 4) is 0 Å². The first-order chi connectivity index (χ1) is 6.16. The molecule has 0 aromatic heterocycles. The van der Waals surface area contributed by atoms with Gasteiger partial charge in [0, 0.05) is 0 Å². The number of thioether (sulfide) groups is 1. The Morgan fingerprint density at radius 3 is 2.77 bits per heavy atom. The maximum atomic E-state index is 11.2. The summed E-state index contributed by atoms with van der Waals surface area (Å²) in [4.78, 5) is 34.0. The zero-order valence-electron chi connectivity index (χ0n) is 7.11. The quantitative estimate of drug-likeness (QED) is 0.429. The summed E-state index contributed by atoms with van der Waals surface area (Å²) in [5.74, 6) is -1.65. The van der Waals surface area contributed by atoms with Gasteiger partial charge in [0.1, 0.15) is 0 Å². The molecule has 0 spiro atoms. The lowest BCUT2D eigenvalue weighted by Gasteiger charge is -2.10. The molecule has 0 radical (unpaired) electrons. The van der Waals surface area contributed by atoms with Gasteiger partial charge in [-0.05, 0) is 6.92 Å². The predicted octanol–water partition coefficient (Wildman–Crippen LogP) is -0.391. The van der Waals surface area contributed by atoms with E-state index >= 15 is 0 Å². The van der Waals surface area contributed by atoms with E-state index < -0.39 is 11.9 Å². The highest BCUT2D eigenvalue weighted by Crippen LogP contribution is 2.15. The Bertz CT molecular complexity index is 253. The van der Waals surface area contributed by atoms with Gasteiger partial charge in [0.25, 0.3) is 0 Å². The third-order valence-electron chi connectivity index (χ3n) is 1.44. The Balaban J connectivity index is 2.56. The summed E-state index contributed by atoms with van der Waals surface area (Å²) in [6.45, 7) is 1.74. The molecule has 0 atom stereocenters. The molecule has 6 heteroatoms. The lowest BCUT2D eigenvalue weighted by Crippen LogP contribution is -2.38. The molecule has 0 bridgehead atoms. The summed E-state index contributed by atoms with van der Waals surface area (Å²) in [6.07, 6.45) is 0. The van der Waals surface area contributed by atoms with Crippen molar-refractivity contribution in [1.82, 2.24) is 4.90 Å². The zero-order chi connectivity index (χ0) is 9.84. The highest BCUT2D eigenvalue weighted by atomic mass is 32.2. The Morgan fingerprint density at radius 1 is 1.62 bits per heavy atom. The molecule has 1 aliphatic heterocycles. The molecule has 13 heavy (non-hydrogen) atoms. The SMILES string of the molecule is CCOC(=O)C(=O)N1CSCC1=O. The van der Waals surface area contributed by atoms with Crippen LogP contribution in [0.5, 0.6) is 0 Å². The molecule has 0 aromatic carbocycles. The van der Waals surface area contributed by atoms with E-state index in [1.165, 1.54) is 11.8 Å². The van der Waals surface area contributed by atoms with Gasteiger partial charge in [0.05, 0.1) is 18.2 Å². The maximum Gasteiger partial charge on any atom is 0.397 e. The molecule has 72 valence electrons. The van der Waals surface area contributed by atoms with Gasteiger partial charge in [-0.1, -0.05) is 0 Å². The van der Waals surface area contributed by atoms with Crippen molar-refractivity contribution in [1.29, 1.82) is 0 Å². The van der Waals surface area contributed by atoms with Crippen LogP contribution >= 0.6 is 11.8 Å². The van der Waals surface area contributed by atoms with Crippen LogP contribution < -0.4 is 0 Å². The molecule has 5 nitrogen and oxygen atoms in total. The van der Waals surface area contributed by atoms with Gasteiger partial charge in [-0.25, -0.2) is 4.79 Å². The minimum absolute atomic E-state index is 0.139. The Kier molecular flexibility index (Phi) is 3.30. The number of ether oxygens (including phenoxy) is 1. The lowest BCUT2D eigenvalue weighted by molar-refractivity contribution is -0.161. The molecular weight excluding hydrogens is 194 g/mol. The van der Waals surface area contributed by atoms with Crippen LogP contribution in [0.1, 0.15) is 6.92 Å². The minimum atomic E-state index is -0.960. The topological polar surface area (TPSA) is 63.7 Å². The molecule has 1 aliphatic rings. The molecule has 0 aliphatic carbocycles. The van der Waals surface area contributed by atoms with Crippen LogP contribution in [-0.2, 0) is 19.1 Å². The number of amides is 2. The van der Waals surface area contributed by atoms with E-state index in [0.717, 1.165) is 4.90 Å². The molecule has 0 saturated carbocycles. The number of hydrogen-bond acceptors (Lipinski definition) is 5. The second-order valence-corrected chi connectivity index (χ2v) is 3.28. The van der Waals surface area contributed by atoms with E-state index in [-0.39, 0.29) is 24.1 Å². The van der Waals surface area contributed by atoms with Gasteiger partial charge in [-0.2, -0.15) is 0 Å². The first-order valence-electron chi connectivity index (χ1n) is 3.76. The smallest absolute Gasteiger partial charge is 0.397 e. The molecule has 0 N–H and O–H groups in total. The number of rotatable bonds is 1. The first-order valence-corrected chi connectivity index (χ1v) is 4.91. The number of nitrogens with zero attached hydrogens (tertiary/aromatic N) is 1. The Morgan fingerprint density at radius 2 is 2.31 bits per heavy atom. The van der Waals surface area contributed by atoms with Crippen molar-refractivity contribution in [2.24, 2.45) is 0 Å². The highest BCUT2D eigenvalue weighted by Gasteiger charge is 2.32. The van der Waals surface area contributed by atoms with Gasteiger partial charge >= 0.3 is 11.9 Å². The number of hydrogen-bond donors (Lipinski definition) is 0. The third-order valence-corrected chi connectivity index (χ3v) is 2.33. The van der Waals surface area contributed by atoms with Crippen molar-refractivity contribution in [3.63, 3.8) is 0 Å². The van der Waals surface area contributed by atoms with Crippen LogP contribution in [-0.4, -0.2) is 40.9 Å². The van der Waals surface area contributed by atoms with Gasteiger partial charge in [0.15, 0.2) is 0 Å². The summed E-state index contributed by atoms with van der Waals surface area (Å²) < 4.78 is 4.47. The summed E-state index contributed by atoms with van der Waals surface area (Å²) in [5.41, 5.74) is 0. The number of carbonyl (C=O) groups is 3. The molecule has 1 heterocycles. The summed E-state index contributed by atoms with van der Waals surface area (Å²) in [7, 11) is 0. The van der Waals surface area contributed by atoms with Crippen molar-refractivity contribution >= 4 is 29.5 Å². The van der Waals surface area contributed by atoms with Crippen LogP contribution in [0, 0.1) is 0 Å². The Hall–Kier alpha value is -1.04. The largest absolute Gasteiger partial charge is 0.459 e. The van der Waals surface area contributed by atoms with Crippen molar-refractivity contribution < 1.29 is 19.1 Å². The number of carbonyl (C=O) groups excluding carboxylic acids is 3. The van der Waals surface area contributed by atoms with E-state index in [1.807, 2.05) is 0 Å². The zero-order valence-corrected chi connectivity index (χ0v) is 7.93. The summed E-state index contributed by atoms with van der Waals surface area (Å²) in [5, 5.41) is 0. The second kappa shape index (κ2) is 4.27. The summed E-state index contributed by atoms with van der Waals surface area (Å²) in [6, 6.07) is 0. The molecule has 2 amide bonds. The summed E-state index contributed by atoms with van der Waals surface area (Å²) >= 11 is 1.30. The lowest BCUT2D eigenvalue weighted by atomic mass is 10.5. The highest BCUT2D eigenvalue weighted by molar-refractivity contribution is 8.00. The van der Waals surface area contributed by atoms with Gasteiger partial charge in [-0.15, -0.1) is 11.8 Å². The standard InChI is InChI=1S/C7H9NO4S/c1-2-12-7(11)6(10)8-4-13-3-5(8)9/h2-4H2,1H3. The van der Waals surface area contributed by atoms with Gasteiger partial charge in [0.2, 0.25) is 5.91 Å². The van der Waals surface area contributed by atoms with E-state index in [1.54, 1.807) is 6.92 Å². The van der Waals surface area contributed by atoms with Crippen molar-refractivity contribution in [2.45, 2.75) is 6.92 Å². The fourth-order valence-electron chi connectivity index (χ4n) is 0.849. The average molecular weight is 203 g/mol. The van der Waals surface area contributed by atoms with E-state index in [9.17, 15) is 14.4 Å². The molecule has 1 saturated heterocycles. The average Bonchev–Trinajstić information content (AvgIpc) is 2.50. The molecular formula is C7H9NO4S. The third kappa shape index (κ3) is 2.21. The number of imide groups is 1. The molecule has 0 unspecified atom stereocenters. The first kappa shape index (κ1) is 10.0. The van der Waals surface area contributed by atoms with Gasteiger partial charge in [-0.3, -0.25) is 14.5 Å². The second-order valence-electron chi connectivity index (χ2n) is 2.32. The van der Waals surface area contributed by atoms with E-state index in [0.29, 0.717) is 0 Å². The van der Waals surface area contributed by atoms with Gasteiger partial charge < -0.3 is 4.74 Å². The van der Waals surface area contributed by atoms with Crippen LogP contribution in [0.4, 0.5) is 0 Å². The van der Waals surface area contributed by atoms with Crippen LogP contribution in [0.2, 0.25) is 0 Å². The van der Waals surface area contributed by atoms with Crippen LogP contribution in [0.3, 0.4) is 0 Å². The van der Waals surface area contributed by atoms with Crippen LogP contribution in [0.15, 0.2) is 0 Å². The molecule has 1 fully saturated rings. The van der Waals surface area contributed by atoms with E-state index in [2.05, 4.69) is 4.74 Å². The maximum absolute atomic E-state index is 11.2. The van der Waals surface area contributed by atoms with Crippen LogP contribution in [0.25, 0.3) is 0 Å².